The van der Waals surface area contributed by atoms with Gasteiger partial charge in [-0.1, -0.05) is 125 Å². The van der Waals surface area contributed by atoms with Gasteiger partial charge >= 0.3 is 6.03 Å². The van der Waals surface area contributed by atoms with E-state index in [0.717, 1.165) is 176 Å². The van der Waals surface area contributed by atoms with Crippen LogP contribution in [0.4, 0.5) is 4.79 Å². The van der Waals surface area contributed by atoms with Crippen molar-refractivity contribution in [3.8, 4) is 0 Å². The van der Waals surface area contributed by atoms with Gasteiger partial charge in [0.2, 0.25) is 5.91 Å². The van der Waals surface area contributed by atoms with Gasteiger partial charge in [-0.05, 0) is 286 Å². The predicted octanol–water partition coefficient (Wildman–Crippen LogP) is 17.7. The molecule has 0 aliphatic carbocycles. The number of likely N-dealkylation sites (tertiary alicyclic amines) is 3. The Morgan fingerprint density at radius 2 is 0.621 bits per heavy atom. The number of nitrogens with zero attached hydrogens (tertiary/aromatic N) is 13. The number of ether oxygens (including phenoxy) is 4. The number of hydrogen-bond donors (Lipinski definition) is 2. The molecule has 22 heteroatoms. The molecule has 1 unspecified atom stereocenters. The molecule has 8 rings (SSSR count). The van der Waals surface area contributed by atoms with E-state index in [1.807, 2.05) is 37.5 Å². The Hall–Kier alpha value is -2.13. The quantitative estimate of drug-likeness (QED) is 0.0567. The number of amides is 3. The highest BCUT2D eigenvalue weighted by atomic mass is 32.1. The van der Waals surface area contributed by atoms with E-state index in [1.54, 1.807) is 0 Å². The third kappa shape index (κ3) is 63.1. The maximum atomic E-state index is 11.8. The van der Waals surface area contributed by atoms with E-state index in [9.17, 15) is 9.59 Å². The van der Waals surface area contributed by atoms with Gasteiger partial charge in [0.15, 0.2) is 5.11 Å². The second-order valence-corrected chi connectivity index (χ2v) is 44.0. The van der Waals surface area contributed by atoms with Crippen LogP contribution in [0.1, 0.15) is 299 Å². The van der Waals surface area contributed by atoms with Crippen molar-refractivity contribution in [1.82, 2.24) is 74.3 Å². The normalized spacial score (nSPS) is 19.9. The smallest absolute Gasteiger partial charge is 0.317 e. The lowest BCUT2D eigenvalue weighted by Crippen LogP contribution is -2.53. The number of rotatable bonds is 38. The van der Waals surface area contributed by atoms with Gasteiger partial charge in [-0.2, -0.15) is 0 Å². The van der Waals surface area contributed by atoms with Gasteiger partial charge in [-0.3, -0.25) is 34.2 Å². The van der Waals surface area contributed by atoms with E-state index in [-0.39, 0.29) is 23.6 Å². The van der Waals surface area contributed by atoms with Crippen molar-refractivity contribution in [2.24, 2.45) is 53.3 Å². The minimum absolute atomic E-state index is 0.0866. The summed E-state index contributed by atoms with van der Waals surface area (Å²) >= 11 is 5.39. The standard InChI is InChI=1S/C14H30N2O.C14H29NO.C13H27N3O.C13H27N3S.C13H26N2O.C12H26N2.C12H25NO.C11H23NO/c1-13(2)5-6-15-7-9-16(10-8-15)11-12-17-14(3)4;1-12(2)6-9-15-10-7-14(5,8-11-15)16-13(3)4;2*1-11(2)5-6-15-7-9-16(10-8-15)13(17)14-12(3)4;1-11(2)5-6-14-7-9-15(10-8-14)13(16)12(3)4;1-11(2)5-6-13-7-9-14(10-8-13)12(3)4;1-10(2)5-7-13-8-6-12(9-13)14-11(3)4;1-9(2)5-6-12-7-11(8-12)13-10(3)4/h13-14H,5-12H2,1-4H3;12-13H,6-11H2,1-5H3;2*11-12H,5-10H2,1-4H3,(H,14,17);11-12H,5-10H2,1-4H3;11-12H,5-10H2,1-4H3;10-12H,5-9H2,1-4H3;9-11H,5-8H2,1-4H3. The number of thiocarbonyl (C=S) groups is 1. The zero-order chi connectivity index (χ0) is 93.6. The summed E-state index contributed by atoms with van der Waals surface area (Å²) in [6, 6.07) is 1.47. The van der Waals surface area contributed by atoms with Crippen LogP contribution in [-0.4, -0.2) is 377 Å². The van der Waals surface area contributed by atoms with Crippen molar-refractivity contribution in [1.29, 1.82) is 0 Å². The van der Waals surface area contributed by atoms with E-state index in [2.05, 4.69) is 265 Å². The van der Waals surface area contributed by atoms with Crippen molar-refractivity contribution < 1.29 is 28.5 Å². The second-order valence-electron chi connectivity index (χ2n) is 43.6. The lowest BCUT2D eigenvalue weighted by atomic mass is 9.92. The van der Waals surface area contributed by atoms with Gasteiger partial charge in [0.1, 0.15) is 0 Å². The molecule has 0 radical (unpaired) electrons. The largest absolute Gasteiger partial charge is 0.377 e. The summed E-state index contributed by atoms with van der Waals surface area (Å²) in [5, 5.41) is 7.18. The summed E-state index contributed by atoms with van der Waals surface area (Å²) in [7, 11) is 0. The van der Waals surface area contributed by atoms with Crippen LogP contribution in [0.3, 0.4) is 0 Å². The topological polar surface area (TPSA) is 137 Å². The van der Waals surface area contributed by atoms with Crippen LogP contribution in [0.2, 0.25) is 0 Å². The highest BCUT2D eigenvalue weighted by Gasteiger charge is 2.33. The van der Waals surface area contributed by atoms with Gasteiger partial charge in [0.05, 0.1) is 48.8 Å². The van der Waals surface area contributed by atoms with Crippen molar-refractivity contribution in [2.75, 3.05) is 236 Å². The summed E-state index contributed by atoms with van der Waals surface area (Å²) in [4.78, 5) is 55.2. The molecular formula is C102H213N15O6S. The van der Waals surface area contributed by atoms with Crippen LogP contribution in [0.25, 0.3) is 0 Å². The molecule has 0 saturated carbocycles. The van der Waals surface area contributed by atoms with Crippen LogP contribution in [0.5, 0.6) is 0 Å². The molecular weight excluding hydrogens is 1560 g/mol. The summed E-state index contributed by atoms with van der Waals surface area (Å²) in [5.41, 5.74) is 0.127. The Kier molecular flexibility index (Phi) is 66.5. The fourth-order valence-electron chi connectivity index (χ4n) is 15.9. The third-order valence-corrected chi connectivity index (χ3v) is 24.9. The molecule has 124 heavy (non-hydrogen) atoms. The van der Waals surface area contributed by atoms with Crippen molar-refractivity contribution in [3.63, 3.8) is 0 Å². The van der Waals surface area contributed by atoms with Crippen LogP contribution in [-0.2, 0) is 23.7 Å². The first-order valence-corrected chi connectivity index (χ1v) is 51.9. The SMILES string of the molecule is CC(C)CCN1CC(OC(C)C)C1.CC(C)CCN1CCC(C)(OC(C)C)CC1.CC(C)CCN1CCC(OC(C)C)C1.CC(C)CCN1CCN(C(=O)C(C)C)CC1.CC(C)CCN1CCN(C(=O)NC(C)C)CC1.CC(C)CCN1CCN(C(=S)NC(C)C)CC1.CC(C)CCN1CCN(C(C)C)CC1.CC(C)CCN1CCN(CCOC(C)C)CC1. The number of hydrogen-bond acceptors (Lipinski definition) is 17. The Bertz CT molecular complexity index is 2470. The molecule has 738 valence electrons. The lowest BCUT2D eigenvalue weighted by molar-refractivity contribution is -0.136. The number of carbonyl (C=O) groups excluding carboxylic acids is 2. The molecule has 1 atom stereocenters. The second kappa shape index (κ2) is 68.8. The number of piperidine rings is 1. The Balaban J connectivity index is 0.000000710. The lowest BCUT2D eigenvalue weighted by Gasteiger charge is -2.40. The highest BCUT2D eigenvalue weighted by Crippen LogP contribution is 2.28. The molecule has 0 aromatic carbocycles. The Labute approximate surface area is 776 Å². The monoisotopic (exact) mass is 1780 g/mol. The van der Waals surface area contributed by atoms with E-state index in [1.165, 1.54) is 188 Å². The van der Waals surface area contributed by atoms with E-state index >= 15 is 0 Å². The van der Waals surface area contributed by atoms with Crippen LogP contribution < -0.4 is 10.6 Å². The Morgan fingerprint density at radius 3 is 0.944 bits per heavy atom. The molecule has 8 fully saturated rings. The molecule has 8 heterocycles. The molecule has 8 aliphatic heterocycles. The molecule has 21 nitrogen and oxygen atoms in total. The van der Waals surface area contributed by atoms with Gasteiger partial charge in [-0.25, -0.2) is 4.79 Å². The van der Waals surface area contributed by atoms with Gasteiger partial charge in [-0.15, -0.1) is 0 Å². The Morgan fingerprint density at radius 1 is 0.323 bits per heavy atom. The number of carbonyl (C=O) groups is 2. The maximum Gasteiger partial charge on any atom is 0.317 e. The van der Waals surface area contributed by atoms with Crippen LogP contribution in [0, 0.1) is 53.3 Å². The fourth-order valence-corrected chi connectivity index (χ4v) is 16.3. The van der Waals surface area contributed by atoms with Crippen LogP contribution >= 0.6 is 12.2 Å². The summed E-state index contributed by atoms with van der Waals surface area (Å²) in [6.45, 7) is 114. The summed E-state index contributed by atoms with van der Waals surface area (Å²) in [5.74, 6) is 6.92. The zero-order valence-corrected chi connectivity index (χ0v) is 89.1. The van der Waals surface area contributed by atoms with Crippen molar-refractivity contribution >= 4 is 29.3 Å². The molecule has 0 bridgehead atoms. The van der Waals surface area contributed by atoms with Gasteiger partial charge in [0, 0.05) is 201 Å². The minimum Gasteiger partial charge on any atom is -0.377 e. The molecule has 2 N–H and O–H groups in total. The van der Waals surface area contributed by atoms with E-state index in [0.29, 0.717) is 48.6 Å². The first-order valence-electron chi connectivity index (χ1n) is 51.5. The molecule has 0 aromatic rings. The molecule has 8 saturated heterocycles. The van der Waals surface area contributed by atoms with E-state index in [4.69, 9.17) is 31.2 Å². The number of nitrogens with one attached hydrogen (secondary N) is 2. The first kappa shape index (κ1) is 120. The first-order chi connectivity index (χ1) is 58.2. The third-order valence-electron chi connectivity index (χ3n) is 24.5. The highest BCUT2D eigenvalue weighted by molar-refractivity contribution is 7.80. The number of urea groups is 1. The molecule has 3 amide bonds. The van der Waals surface area contributed by atoms with Crippen LogP contribution in [0.15, 0.2) is 0 Å². The van der Waals surface area contributed by atoms with Crippen molar-refractivity contribution in [2.45, 2.75) is 359 Å². The average molecular weight is 1780 g/mol. The average Bonchev–Trinajstić information content (AvgIpc) is 1.68. The van der Waals surface area contributed by atoms with E-state index < -0.39 is 0 Å². The summed E-state index contributed by atoms with van der Waals surface area (Å²) in [6.07, 6.45) is 16.5. The molecule has 0 spiro atoms. The minimum atomic E-state index is 0.0866. The van der Waals surface area contributed by atoms with Gasteiger partial charge < -0.3 is 63.9 Å². The zero-order valence-electron chi connectivity index (χ0n) is 88.3. The number of piperazine rings is 5. The van der Waals surface area contributed by atoms with Crippen molar-refractivity contribution in [3.05, 3.63) is 0 Å². The fraction of sp³-hybridized carbons (Fsp3) is 0.971. The summed E-state index contributed by atoms with van der Waals surface area (Å²) < 4.78 is 23.1. The van der Waals surface area contributed by atoms with Gasteiger partial charge in [0.25, 0.3) is 0 Å². The molecule has 8 aliphatic rings. The maximum absolute atomic E-state index is 11.8. The molecule has 0 aromatic heterocycles. The predicted molar refractivity (Wildman–Crippen MR) is 539 cm³/mol.